The van der Waals surface area contributed by atoms with Crippen LogP contribution in [0.3, 0.4) is 0 Å². The summed E-state index contributed by atoms with van der Waals surface area (Å²) >= 11 is 0. The molecule has 0 saturated carbocycles. The van der Waals surface area contributed by atoms with Crippen molar-refractivity contribution in [2.75, 3.05) is 0 Å². The second kappa shape index (κ2) is 41.0. The van der Waals surface area contributed by atoms with Crippen molar-refractivity contribution in [3.8, 4) is 0 Å². The van der Waals surface area contributed by atoms with Crippen molar-refractivity contribution in [1.82, 2.24) is 0 Å². The Balaban J connectivity index is -0.000000969. The summed E-state index contributed by atoms with van der Waals surface area (Å²) in [6.45, 7) is 7.77. The summed E-state index contributed by atoms with van der Waals surface area (Å²) in [4.78, 5) is 22.6. The standard InChI is InChI=1S/2C24H20P.C8H18O2Si.2Mo.4O2.2O/c2*1-5-13-21(14-6-1)25(22-15-7-2-8-16-22,23-17-9-3-10-18-23)24-19-11-4-12-20-24;1-7(2)5-11(9,10)6-8(3)4;;;4*1-2;;/h2*1-20H;7-8H,5-6H2,1-4H3;;;;;;;;/q2*+1;-2;;;6*-2. The van der Waals surface area contributed by atoms with Gasteiger partial charge < -0.3 is 62.6 Å². The first-order valence-corrected chi connectivity index (χ1v) is 27.8. The average Bonchev–Trinajstić information content (AvgIpc) is 3.41. The molecule has 0 atom stereocenters. The summed E-state index contributed by atoms with van der Waals surface area (Å²) in [5, 5.41) is 67.1. The second-order valence-electron chi connectivity index (χ2n) is 16.1. The van der Waals surface area contributed by atoms with Gasteiger partial charge >= 0.3 is 0 Å². The van der Waals surface area contributed by atoms with Crippen LogP contribution >= 0.6 is 14.5 Å². The molecule has 0 aliphatic carbocycles. The maximum atomic E-state index is 11.3. The molecule has 0 aromatic heterocycles. The molecule has 0 saturated heterocycles. The predicted octanol–water partition coefficient (Wildman–Crippen LogP) is -0.681. The SMILES string of the molecule is CC(C)C[Si]([O-])([O-])CC(C)C.[Mo].[Mo].[O-2].[O-2].[O-][O-].[O-][O-].[O-][O-].[O-][O-].c1ccc([P+](c2ccccc2)(c2ccccc2)c2ccccc2)cc1.c1ccc([P+](c2ccccc2)(c2ccccc2)c2ccccc2)cc1. The Labute approximate surface area is 461 Å². The van der Waals surface area contributed by atoms with Crippen molar-refractivity contribution in [2.45, 2.75) is 39.8 Å². The second-order valence-corrected chi connectivity index (χ2v) is 25.6. The number of hydrogen-bond donors (Lipinski definition) is 0. The van der Waals surface area contributed by atoms with Gasteiger partial charge in [0.15, 0.2) is 0 Å². The molecule has 8 aromatic rings. The van der Waals surface area contributed by atoms with Crippen LogP contribution in [0.2, 0.25) is 12.1 Å². The number of rotatable bonds is 12. The first kappa shape index (κ1) is 73.0. The fourth-order valence-electron chi connectivity index (χ4n) is 8.33. The monoisotopic (exact) mass is 1210 g/mol. The van der Waals surface area contributed by atoms with Crippen molar-refractivity contribution < 1.29 is 105 Å². The van der Waals surface area contributed by atoms with Gasteiger partial charge in [0.2, 0.25) is 0 Å². The van der Waals surface area contributed by atoms with Gasteiger partial charge in [-0.2, -0.15) is 8.56 Å². The van der Waals surface area contributed by atoms with E-state index in [0.717, 1.165) is 0 Å². The van der Waals surface area contributed by atoms with Crippen molar-refractivity contribution >= 4 is 65.5 Å². The van der Waals surface area contributed by atoms with Crippen LogP contribution in [0.4, 0.5) is 0 Å². The van der Waals surface area contributed by atoms with Gasteiger partial charge in [0, 0.05) is 42.1 Å². The smallest absolute Gasteiger partial charge is 0.144 e. The van der Waals surface area contributed by atoms with E-state index in [2.05, 4.69) is 243 Å². The normalized spacial score (nSPS) is 9.97. The van der Waals surface area contributed by atoms with Crippen LogP contribution in [0.1, 0.15) is 27.7 Å². The van der Waals surface area contributed by atoms with Gasteiger partial charge in [0.05, 0.1) is 0 Å². The zero-order valence-corrected chi connectivity index (χ0v) is 47.6. The largest absolute Gasteiger partial charge is 2.00 e. The van der Waals surface area contributed by atoms with E-state index in [1.807, 2.05) is 27.7 Å². The molecule has 0 amide bonds. The van der Waals surface area contributed by atoms with Crippen LogP contribution < -0.4 is 94.1 Å². The quantitative estimate of drug-likeness (QED) is 0.0643. The first-order chi connectivity index (χ1) is 33.7. The molecule has 0 N–H and O–H groups in total. The van der Waals surface area contributed by atoms with E-state index in [9.17, 15) is 9.59 Å². The Bertz CT molecular complexity index is 1960. The average molecular weight is 1200 g/mol. The molecule has 0 heterocycles. The maximum Gasteiger partial charge on any atom is 0.144 e. The molecule has 12 nitrogen and oxygen atoms in total. The minimum atomic E-state index is -3.33. The van der Waals surface area contributed by atoms with Gasteiger partial charge in [-0.05, 0) is 97.1 Å². The molecule has 0 aliphatic heterocycles. The summed E-state index contributed by atoms with van der Waals surface area (Å²) < 4.78 is 0. The first-order valence-electron chi connectivity index (χ1n) is 22.0. The Morgan fingerprint density at radius 1 is 0.274 bits per heavy atom. The molecule has 392 valence electrons. The molecule has 0 radical (unpaired) electrons. The van der Waals surface area contributed by atoms with Gasteiger partial charge in [0.25, 0.3) is 0 Å². The van der Waals surface area contributed by atoms with Gasteiger partial charge in [0.1, 0.15) is 57.0 Å². The zero-order chi connectivity index (χ0) is 51.0. The fourth-order valence-corrected chi connectivity index (χ4v) is 19.5. The van der Waals surface area contributed by atoms with Crippen LogP contribution in [-0.2, 0) is 53.1 Å². The molecule has 8 aromatic carbocycles. The van der Waals surface area contributed by atoms with E-state index in [-0.39, 0.29) is 64.9 Å². The summed E-state index contributed by atoms with van der Waals surface area (Å²) in [5.74, 6) is 0.547. The van der Waals surface area contributed by atoms with Crippen LogP contribution in [0, 0.1) is 11.8 Å². The Hall–Kier alpha value is -4.27. The fraction of sp³-hybridized carbons (Fsp3) is 0.143. The minimum Gasteiger partial charge on any atom is -2.00 e. The van der Waals surface area contributed by atoms with Crippen LogP contribution in [0.15, 0.2) is 243 Å². The van der Waals surface area contributed by atoms with E-state index < -0.39 is 23.1 Å². The van der Waals surface area contributed by atoms with E-state index in [4.69, 9.17) is 42.1 Å². The van der Waals surface area contributed by atoms with E-state index in [0.29, 0.717) is 12.1 Å². The molecule has 0 fully saturated rings. The Morgan fingerprint density at radius 3 is 0.479 bits per heavy atom. The number of benzene rings is 8. The third kappa shape index (κ3) is 21.1. The summed E-state index contributed by atoms with van der Waals surface area (Å²) in [6, 6.07) is 88.4. The molecule has 17 heteroatoms. The topological polar surface area (TPSA) is 288 Å². The summed E-state index contributed by atoms with van der Waals surface area (Å²) in [7, 11) is -7.14. The van der Waals surface area contributed by atoms with Crippen LogP contribution in [-0.4, -0.2) is 8.56 Å². The molecule has 8 rings (SSSR count). The molecule has 0 bridgehead atoms. The molecular formula is C56H58Mo2O12P2Si-12. The van der Waals surface area contributed by atoms with E-state index >= 15 is 0 Å². The number of hydrogen-bond acceptors (Lipinski definition) is 10. The van der Waals surface area contributed by atoms with Crippen molar-refractivity contribution in [1.29, 1.82) is 0 Å². The Kier molecular flexibility index (Phi) is 41.0. The molecule has 73 heavy (non-hydrogen) atoms. The van der Waals surface area contributed by atoms with E-state index in [1.165, 1.54) is 42.4 Å². The van der Waals surface area contributed by atoms with Crippen molar-refractivity contribution in [2.24, 2.45) is 11.8 Å². The molecule has 0 aliphatic rings. The summed E-state index contributed by atoms with van der Waals surface area (Å²) in [6.07, 6.45) is 0. The van der Waals surface area contributed by atoms with Gasteiger partial charge in [-0.1, -0.05) is 197 Å². The molecular weight excluding hydrogens is 1150 g/mol. The van der Waals surface area contributed by atoms with Gasteiger partial charge in [-0.3, -0.25) is 0 Å². The molecule has 0 unspecified atom stereocenters. The van der Waals surface area contributed by atoms with Gasteiger partial charge in [-0.15, -0.1) is 0 Å². The maximum absolute atomic E-state index is 11.3. The van der Waals surface area contributed by atoms with E-state index in [1.54, 1.807) is 0 Å². The predicted molar refractivity (Wildman–Crippen MR) is 269 cm³/mol. The zero-order valence-electron chi connectivity index (χ0n) is 40.8. The Morgan fingerprint density at radius 2 is 0.384 bits per heavy atom. The van der Waals surface area contributed by atoms with Crippen LogP contribution in [0.5, 0.6) is 0 Å². The van der Waals surface area contributed by atoms with Crippen molar-refractivity contribution in [3.63, 3.8) is 0 Å². The van der Waals surface area contributed by atoms with Crippen LogP contribution in [0.25, 0.3) is 0 Å². The summed E-state index contributed by atoms with van der Waals surface area (Å²) in [5.41, 5.74) is 0. The third-order valence-electron chi connectivity index (χ3n) is 10.6. The minimum absolute atomic E-state index is 0. The van der Waals surface area contributed by atoms with Crippen molar-refractivity contribution in [3.05, 3.63) is 243 Å². The molecule has 0 spiro atoms. The van der Waals surface area contributed by atoms with Gasteiger partial charge in [-0.25, -0.2) is 0 Å². The third-order valence-corrected chi connectivity index (χ3v) is 22.0.